The highest BCUT2D eigenvalue weighted by atomic mass is 79.9. The molecular weight excluding hydrogens is 407 g/mol. The lowest BCUT2D eigenvalue weighted by molar-refractivity contribution is 0.306. The molecule has 0 aliphatic heterocycles. The second-order valence-electron chi connectivity index (χ2n) is 6.04. The third-order valence-corrected chi connectivity index (χ3v) is 5.08. The van der Waals surface area contributed by atoms with Crippen molar-refractivity contribution in [1.82, 2.24) is 4.57 Å². The van der Waals surface area contributed by atoms with E-state index in [0.717, 1.165) is 22.2 Å². The molecule has 0 saturated carbocycles. The molecule has 1 aromatic heterocycles. The molecule has 0 bridgehead atoms. The van der Waals surface area contributed by atoms with E-state index in [0.29, 0.717) is 22.5 Å². The van der Waals surface area contributed by atoms with Gasteiger partial charge in [0.05, 0.1) is 11.1 Å². The first-order chi connectivity index (χ1) is 13.2. The predicted molar refractivity (Wildman–Crippen MR) is 106 cm³/mol. The third kappa shape index (κ3) is 3.32. The molecule has 0 aliphatic rings. The maximum atomic E-state index is 13.3. The molecule has 0 fully saturated rings. The molecule has 1 heterocycles. The fourth-order valence-electron chi connectivity index (χ4n) is 3.02. The lowest BCUT2D eigenvalue weighted by atomic mass is 10.2. The zero-order valence-corrected chi connectivity index (χ0v) is 15.8. The summed E-state index contributed by atoms with van der Waals surface area (Å²) in [5.41, 5.74) is 3.20. The van der Waals surface area contributed by atoms with E-state index < -0.39 is 0 Å². The first kappa shape index (κ1) is 17.3. The summed E-state index contributed by atoms with van der Waals surface area (Å²) < 4.78 is 21.7. The van der Waals surface area contributed by atoms with Gasteiger partial charge in [-0.2, -0.15) is 5.26 Å². The van der Waals surface area contributed by atoms with Crippen LogP contribution in [0.1, 0.15) is 11.1 Å². The summed E-state index contributed by atoms with van der Waals surface area (Å²) in [7, 11) is 0. The zero-order valence-electron chi connectivity index (χ0n) is 14.2. The van der Waals surface area contributed by atoms with Crippen LogP contribution in [0.2, 0.25) is 0 Å². The minimum Gasteiger partial charge on any atom is -0.489 e. The van der Waals surface area contributed by atoms with Crippen LogP contribution in [-0.2, 0) is 6.61 Å². The largest absolute Gasteiger partial charge is 0.489 e. The van der Waals surface area contributed by atoms with Crippen LogP contribution < -0.4 is 4.74 Å². The molecule has 0 saturated heterocycles. The quantitative estimate of drug-likeness (QED) is 0.407. The average molecular weight is 421 g/mol. The van der Waals surface area contributed by atoms with Gasteiger partial charge in [-0.15, -0.1) is 0 Å². The monoisotopic (exact) mass is 420 g/mol. The van der Waals surface area contributed by atoms with Crippen molar-refractivity contribution in [2.75, 3.05) is 0 Å². The Morgan fingerprint density at radius 3 is 2.44 bits per heavy atom. The molecule has 0 radical (unpaired) electrons. The van der Waals surface area contributed by atoms with E-state index in [1.54, 1.807) is 12.1 Å². The van der Waals surface area contributed by atoms with E-state index in [9.17, 15) is 9.65 Å². The average Bonchev–Trinajstić information content (AvgIpc) is 2.98. The molecule has 4 aromatic rings. The van der Waals surface area contributed by atoms with E-state index in [2.05, 4.69) is 22.0 Å². The van der Waals surface area contributed by atoms with Crippen molar-refractivity contribution in [3.05, 3.63) is 94.3 Å². The predicted octanol–water partition coefficient (Wildman–Crippen LogP) is 5.98. The number of fused-ring (bicyclic) bond motifs is 1. The molecule has 5 heteroatoms. The van der Waals surface area contributed by atoms with Crippen molar-refractivity contribution >= 4 is 26.8 Å². The lowest BCUT2D eigenvalue weighted by Gasteiger charge is -2.09. The first-order valence-electron chi connectivity index (χ1n) is 8.34. The summed E-state index contributed by atoms with van der Waals surface area (Å²) in [5.74, 6) is 0.384. The number of rotatable bonds is 4. The summed E-state index contributed by atoms with van der Waals surface area (Å²) >= 11 is 3.52. The van der Waals surface area contributed by atoms with Crippen LogP contribution in [0.3, 0.4) is 0 Å². The fourth-order valence-corrected chi connectivity index (χ4v) is 3.72. The van der Waals surface area contributed by atoms with Gasteiger partial charge in [-0.3, -0.25) is 0 Å². The first-order valence-corrected chi connectivity index (χ1v) is 9.13. The SMILES string of the molecule is N#Cc1c(Br)n(-c2ccc(F)cc2)c2ccc(OCc3ccccc3)cc12. The van der Waals surface area contributed by atoms with Gasteiger partial charge in [0.25, 0.3) is 0 Å². The van der Waals surface area contributed by atoms with E-state index in [4.69, 9.17) is 4.74 Å². The highest BCUT2D eigenvalue weighted by molar-refractivity contribution is 9.10. The molecule has 0 spiro atoms. The van der Waals surface area contributed by atoms with Crippen LogP contribution >= 0.6 is 15.9 Å². The summed E-state index contributed by atoms with van der Waals surface area (Å²) in [4.78, 5) is 0. The van der Waals surface area contributed by atoms with Crippen molar-refractivity contribution in [3.63, 3.8) is 0 Å². The fraction of sp³-hybridized carbons (Fsp3) is 0.0455. The highest BCUT2D eigenvalue weighted by Crippen LogP contribution is 2.35. The molecular formula is C22H14BrFN2O. The zero-order chi connectivity index (χ0) is 18.8. The standard InChI is InChI=1S/C22H14BrFN2O/c23-22-20(13-25)19-12-18(27-14-15-4-2-1-3-5-15)10-11-21(19)26(22)17-8-6-16(24)7-9-17/h1-12H,14H2. The van der Waals surface area contributed by atoms with Gasteiger partial charge < -0.3 is 9.30 Å². The van der Waals surface area contributed by atoms with Gasteiger partial charge in [0.15, 0.2) is 0 Å². The Bertz CT molecular complexity index is 1150. The van der Waals surface area contributed by atoms with Gasteiger partial charge in [0.1, 0.15) is 28.8 Å². The maximum Gasteiger partial charge on any atom is 0.123 e. The van der Waals surface area contributed by atoms with E-state index >= 15 is 0 Å². The summed E-state index contributed by atoms with van der Waals surface area (Å²) in [6.07, 6.45) is 0. The van der Waals surface area contributed by atoms with E-state index in [1.165, 1.54) is 12.1 Å². The highest BCUT2D eigenvalue weighted by Gasteiger charge is 2.17. The van der Waals surface area contributed by atoms with Crippen LogP contribution in [0, 0.1) is 17.1 Å². The van der Waals surface area contributed by atoms with Crippen molar-refractivity contribution in [1.29, 1.82) is 5.26 Å². The van der Waals surface area contributed by atoms with Crippen molar-refractivity contribution in [2.45, 2.75) is 6.61 Å². The van der Waals surface area contributed by atoms with Gasteiger partial charge in [0, 0.05) is 11.1 Å². The number of aromatic nitrogens is 1. The van der Waals surface area contributed by atoms with E-state index in [1.807, 2.05) is 53.1 Å². The van der Waals surface area contributed by atoms with Crippen LogP contribution in [0.5, 0.6) is 5.75 Å². The van der Waals surface area contributed by atoms with Gasteiger partial charge >= 0.3 is 0 Å². The van der Waals surface area contributed by atoms with Crippen molar-refractivity contribution in [2.24, 2.45) is 0 Å². The van der Waals surface area contributed by atoms with Crippen LogP contribution in [-0.4, -0.2) is 4.57 Å². The Kier molecular flexibility index (Phi) is 4.66. The maximum absolute atomic E-state index is 13.3. The van der Waals surface area contributed by atoms with Crippen LogP contribution in [0.15, 0.2) is 77.4 Å². The van der Waals surface area contributed by atoms with Gasteiger partial charge in [-0.1, -0.05) is 30.3 Å². The Morgan fingerprint density at radius 1 is 1.00 bits per heavy atom. The molecule has 0 atom stereocenters. The molecule has 4 rings (SSSR count). The smallest absolute Gasteiger partial charge is 0.123 e. The number of benzene rings is 3. The van der Waals surface area contributed by atoms with Crippen molar-refractivity contribution < 1.29 is 9.13 Å². The van der Waals surface area contributed by atoms with Gasteiger partial charge in [-0.25, -0.2) is 4.39 Å². The number of ether oxygens (including phenoxy) is 1. The summed E-state index contributed by atoms with van der Waals surface area (Å²) in [6, 6.07) is 23.9. The van der Waals surface area contributed by atoms with Gasteiger partial charge in [0.2, 0.25) is 0 Å². The summed E-state index contributed by atoms with van der Waals surface area (Å²) in [6.45, 7) is 0.452. The van der Waals surface area contributed by atoms with Crippen LogP contribution in [0.25, 0.3) is 16.6 Å². The molecule has 3 nitrogen and oxygen atoms in total. The third-order valence-electron chi connectivity index (χ3n) is 4.33. The minimum absolute atomic E-state index is 0.302. The Hall–Kier alpha value is -3.10. The molecule has 27 heavy (non-hydrogen) atoms. The topological polar surface area (TPSA) is 38.0 Å². The molecule has 0 unspecified atom stereocenters. The number of hydrogen-bond donors (Lipinski definition) is 0. The Balaban J connectivity index is 1.75. The lowest BCUT2D eigenvalue weighted by Crippen LogP contribution is -1.96. The van der Waals surface area contributed by atoms with E-state index in [-0.39, 0.29) is 5.82 Å². The molecule has 3 aromatic carbocycles. The molecule has 0 amide bonds. The van der Waals surface area contributed by atoms with Crippen LogP contribution in [0.4, 0.5) is 4.39 Å². The second-order valence-corrected chi connectivity index (χ2v) is 6.79. The minimum atomic E-state index is -0.302. The van der Waals surface area contributed by atoms with Gasteiger partial charge in [-0.05, 0) is 64.0 Å². The molecule has 0 aliphatic carbocycles. The molecule has 132 valence electrons. The normalized spacial score (nSPS) is 10.7. The Morgan fingerprint density at radius 2 is 1.74 bits per heavy atom. The second kappa shape index (κ2) is 7.26. The number of nitriles is 1. The number of halogens is 2. The number of nitrogens with zero attached hydrogens (tertiary/aromatic N) is 2. The summed E-state index contributed by atoms with van der Waals surface area (Å²) in [5, 5.41) is 10.4. The number of hydrogen-bond acceptors (Lipinski definition) is 2. The molecule has 0 N–H and O–H groups in total. The Labute approximate surface area is 164 Å². The van der Waals surface area contributed by atoms with Crippen molar-refractivity contribution in [3.8, 4) is 17.5 Å².